The molecule has 0 bridgehead atoms. The van der Waals surface area contributed by atoms with Crippen LogP contribution < -0.4 is 5.32 Å². The smallest absolute Gasteiger partial charge is 0.116 e. The Morgan fingerprint density at radius 2 is 2.18 bits per heavy atom. The van der Waals surface area contributed by atoms with Crippen molar-refractivity contribution in [3.8, 4) is 0 Å². The van der Waals surface area contributed by atoms with E-state index in [-0.39, 0.29) is 0 Å². The molecule has 2 atom stereocenters. The van der Waals surface area contributed by atoms with Crippen molar-refractivity contribution in [3.63, 3.8) is 0 Å². The molecule has 1 aromatic heterocycles. The minimum Gasteiger partial charge on any atom is -0.379 e. The van der Waals surface area contributed by atoms with Crippen molar-refractivity contribution in [3.05, 3.63) is 30.1 Å². The maximum Gasteiger partial charge on any atom is 0.116 e. The number of hydrogen-bond acceptors (Lipinski definition) is 3. The molecule has 1 fully saturated rings. The molecule has 17 heavy (non-hydrogen) atoms. The number of ether oxygens (including phenoxy) is 1. The number of para-hydroxylation sites is 2. The molecule has 4 nitrogen and oxygen atoms in total. The van der Waals surface area contributed by atoms with Gasteiger partial charge < -0.3 is 14.6 Å². The highest BCUT2D eigenvalue weighted by Gasteiger charge is 2.31. The second-order valence-electron chi connectivity index (χ2n) is 4.56. The Kier molecular flexibility index (Phi) is 2.61. The third-order valence-corrected chi connectivity index (χ3v) is 3.60. The van der Waals surface area contributed by atoms with Gasteiger partial charge in [-0.1, -0.05) is 12.1 Å². The number of nitrogens with one attached hydrogen (secondary N) is 1. The Labute approximate surface area is 101 Å². The number of likely N-dealkylation sites (N-methyl/N-ethyl adjacent to an activating group) is 1. The average molecular weight is 231 g/mol. The van der Waals surface area contributed by atoms with E-state index in [2.05, 4.69) is 35.1 Å². The highest BCUT2D eigenvalue weighted by Crippen LogP contribution is 2.27. The van der Waals surface area contributed by atoms with E-state index in [0.717, 1.165) is 24.6 Å². The molecule has 1 aromatic carbocycles. The van der Waals surface area contributed by atoms with E-state index in [1.54, 1.807) is 0 Å². The first-order chi connectivity index (χ1) is 8.31. The quantitative estimate of drug-likeness (QED) is 0.846. The van der Waals surface area contributed by atoms with Gasteiger partial charge in [-0.15, -0.1) is 0 Å². The fourth-order valence-electron chi connectivity index (χ4n) is 2.59. The summed E-state index contributed by atoms with van der Waals surface area (Å²) in [6.07, 6.45) is 0. The minimum atomic E-state index is 0.345. The van der Waals surface area contributed by atoms with Gasteiger partial charge in [-0.3, -0.25) is 0 Å². The van der Waals surface area contributed by atoms with Crippen LogP contribution in [0.25, 0.3) is 11.0 Å². The van der Waals surface area contributed by atoms with Crippen molar-refractivity contribution in [2.75, 3.05) is 20.3 Å². The second kappa shape index (κ2) is 4.13. The predicted molar refractivity (Wildman–Crippen MR) is 67.1 cm³/mol. The second-order valence-corrected chi connectivity index (χ2v) is 4.56. The third kappa shape index (κ3) is 1.64. The van der Waals surface area contributed by atoms with Gasteiger partial charge in [0.2, 0.25) is 0 Å². The van der Waals surface area contributed by atoms with E-state index in [4.69, 9.17) is 9.72 Å². The first-order valence-corrected chi connectivity index (χ1v) is 5.97. The van der Waals surface area contributed by atoms with Gasteiger partial charge >= 0.3 is 0 Å². The number of nitrogens with zero attached hydrogens (tertiary/aromatic N) is 2. The van der Waals surface area contributed by atoms with Crippen LogP contribution in [0.15, 0.2) is 24.3 Å². The molecule has 2 aromatic rings. The highest BCUT2D eigenvalue weighted by molar-refractivity contribution is 5.75. The summed E-state index contributed by atoms with van der Waals surface area (Å²) in [5.41, 5.74) is 2.25. The molecule has 4 heteroatoms. The molecular weight excluding hydrogens is 214 g/mol. The highest BCUT2D eigenvalue weighted by atomic mass is 16.5. The summed E-state index contributed by atoms with van der Waals surface area (Å²) in [4.78, 5) is 4.74. The van der Waals surface area contributed by atoms with Crippen LogP contribution >= 0.6 is 0 Å². The van der Waals surface area contributed by atoms with E-state index in [0.29, 0.717) is 12.0 Å². The lowest BCUT2D eigenvalue weighted by molar-refractivity contribution is 0.188. The lowest BCUT2D eigenvalue weighted by Crippen LogP contribution is -2.32. The molecule has 0 aliphatic carbocycles. The molecule has 0 amide bonds. The molecule has 90 valence electrons. The zero-order valence-electron chi connectivity index (χ0n) is 10.2. The van der Waals surface area contributed by atoms with Crippen LogP contribution in [-0.4, -0.2) is 35.9 Å². The Hall–Kier alpha value is -1.39. The number of hydrogen-bond donors (Lipinski definition) is 1. The van der Waals surface area contributed by atoms with Crippen molar-refractivity contribution < 1.29 is 4.74 Å². The molecule has 1 aliphatic heterocycles. The molecule has 1 saturated heterocycles. The number of imidazole rings is 1. The number of aromatic nitrogens is 2. The molecule has 0 saturated carbocycles. The Morgan fingerprint density at radius 1 is 1.35 bits per heavy atom. The summed E-state index contributed by atoms with van der Waals surface area (Å²) < 4.78 is 7.73. The summed E-state index contributed by atoms with van der Waals surface area (Å²) in [7, 11) is 4.06. The monoisotopic (exact) mass is 231 g/mol. The van der Waals surface area contributed by atoms with E-state index in [9.17, 15) is 0 Å². The number of fused-ring (bicyclic) bond motifs is 1. The molecule has 1 N–H and O–H groups in total. The normalized spacial score (nSPS) is 24.6. The number of aryl methyl sites for hydroxylation is 1. The molecule has 0 radical (unpaired) electrons. The van der Waals surface area contributed by atoms with Gasteiger partial charge in [0.25, 0.3) is 0 Å². The molecule has 1 aliphatic rings. The summed E-state index contributed by atoms with van der Waals surface area (Å²) in [5, 5.41) is 3.31. The Morgan fingerprint density at radius 3 is 2.94 bits per heavy atom. The van der Waals surface area contributed by atoms with Crippen molar-refractivity contribution in [2.45, 2.75) is 12.0 Å². The maximum absolute atomic E-state index is 5.55. The molecule has 3 rings (SSSR count). The van der Waals surface area contributed by atoms with Crippen LogP contribution in [0.1, 0.15) is 11.7 Å². The third-order valence-electron chi connectivity index (χ3n) is 3.60. The van der Waals surface area contributed by atoms with E-state index in [1.165, 1.54) is 5.52 Å². The van der Waals surface area contributed by atoms with Crippen molar-refractivity contribution in [1.82, 2.24) is 14.9 Å². The van der Waals surface area contributed by atoms with Gasteiger partial charge in [0.1, 0.15) is 5.82 Å². The van der Waals surface area contributed by atoms with E-state index < -0.39 is 0 Å². The van der Waals surface area contributed by atoms with Crippen molar-refractivity contribution in [1.29, 1.82) is 0 Å². The SMILES string of the molecule is CNC1COCC1c1nc2ccccc2n1C. The van der Waals surface area contributed by atoms with Gasteiger partial charge in [-0.25, -0.2) is 4.98 Å². The van der Waals surface area contributed by atoms with Crippen LogP contribution in [0.5, 0.6) is 0 Å². The Bertz CT molecular complexity index is 534. The fourth-order valence-corrected chi connectivity index (χ4v) is 2.59. The van der Waals surface area contributed by atoms with E-state index >= 15 is 0 Å². The van der Waals surface area contributed by atoms with E-state index in [1.807, 2.05) is 13.1 Å². The van der Waals surface area contributed by atoms with Gasteiger partial charge in [0.15, 0.2) is 0 Å². The standard InChI is InChI=1S/C13H17N3O/c1-14-11-8-17-7-9(11)13-15-10-5-3-4-6-12(10)16(13)2/h3-6,9,11,14H,7-8H2,1-2H3. The predicted octanol–water partition coefficient (Wildman–Crippen LogP) is 1.28. The van der Waals surface area contributed by atoms with Gasteiger partial charge in [0.05, 0.1) is 30.2 Å². The summed E-state index contributed by atoms with van der Waals surface area (Å²) in [5.74, 6) is 1.46. The summed E-state index contributed by atoms with van der Waals surface area (Å²) in [6.45, 7) is 1.52. The van der Waals surface area contributed by atoms with Gasteiger partial charge in [-0.05, 0) is 19.2 Å². The van der Waals surface area contributed by atoms with Gasteiger partial charge in [0, 0.05) is 13.1 Å². The van der Waals surface area contributed by atoms with Crippen molar-refractivity contribution >= 4 is 11.0 Å². The first-order valence-electron chi connectivity index (χ1n) is 5.97. The molecular formula is C13H17N3O. The van der Waals surface area contributed by atoms with Crippen molar-refractivity contribution in [2.24, 2.45) is 7.05 Å². The van der Waals surface area contributed by atoms with Crippen LogP contribution in [0.2, 0.25) is 0 Å². The van der Waals surface area contributed by atoms with Crippen LogP contribution in [0.4, 0.5) is 0 Å². The van der Waals surface area contributed by atoms with Gasteiger partial charge in [-0.2, -0.15) is 0 Å². The first kappa shape index (κ1) is 10.7. The van der Waals surface area contributed by atoms with Crippen LogP contribution in [0, 0.1) is 0 Å². The lowest BCUT2D eigenvalue weighted by Gasteiger charge is -2.16. The molecule has 0 spiro atoms. The van der Waals surface area contributed by atoms with Crippen LogP contribution in [0.3, 0.4) is 0 Å². The zero-order valence-corrected chi connectivity index (χ0v) is 10.2. The van der Waals surface area contributed by atoms with Crippen LogP contribution in [-0.2, 0) is 11.8 Å². The molecule has 2 heterocycles. The largest absolute Gasteiger partial charge is 0.379 e. The summed E-state index contributed by atoms with van der Waals surface area (Å²) in [6, 6.07) is 8.61. The fraction of sp³-hybridized carbons (Fsp3) is 0.462. The number of benzene rings is 1. The number of rotatable bonds is 2. The Balaban J connectivity index is 2.08. The topological polar surface area (TPSA) is 39.1 Å². The average Bonchev–Trinajstić information content (AvgIpc) is 2.94. The minimum absolute atomic E-state index is 0.345. The summed E-state index contributed by atoms with van der Waals surface area (Å²) >= 11 is 0. The zero-order chi connectivity index (χ0) is 11.8. The lowest BCUT2D eigenvalue weighted by atomic mass is 10.0. The molecule has 2 unspecified atom stereocenters. The maximum atomic E-state index is 5.55.